The molecule has 0 saturated carbocycles. The van der Waals surface area contributed by atoms with Gasteiger partial charge in [-0.25, -0.2) is 0 Å². The van der Waals surface area contributed by atoms with Gasteiger partial charge in [-0.3, -0.25) is 0 Å². The van der Waals surface area contributed by atoms with Gasteiger partial charge in [-0.05, 0) is 0 Å². The molecule has 1 nitrogen and oxygen atoms in total. The van der Waals surface area contributed by atoms with Crippen LogP contribution in [0.15, 0.2) is 34.5 Å². The number of methoxy groups -OCH3 is 1. The quantitative estimate of drug-likeness (QED) is 0.763. The van der Waals surface area contributed by atoms with Crippen LogP contribution in [0.5, 0.6) is 0 Å². The second-order valence-electron chi connectivity index (χ2n) is 2.76. The zero-order valence-electron chi connectivity index (χ0n) is 7.99. The van der Waals surface area contributed by atoms with Gasteiger partial charge in [0.15, 0.2) is 0 Å². The standard InChI is InChI=1S/C11H14OTe/c1-10-4-6-11(7-5-10)13-9-3-8-12-2/h3-7,9H,8H2,1-2H3/b9-3+. The summed E-state index contributed by atoms with van der Waals surface area (Å²) in [5.74, 6) is 0. The van der Waals surface area contributed by atoms with Crippen LogP contribution < -0.4 is 3.61 Å². The normalized spacial score (nSPS) is 10.9. The second-order valence-corrected chi connectivity index (χ2v) is 5.55. The maximum absolute atomic E-state index is 4.93. The van der Waals surface area contributed by atoms with E-state index in [1.54, 1.807) is 7.11 Å². The molecule has 70 valence electrons. The van der Waals surface area contributed by atoms with E-state index in [4.69, 9.17) is 4.74 Å². The molecule has 0 unspecified atom stereocenters. The molecule has 13 heavy (non-hydrogen) atoms. The van der Waals surface area contributed by atoms with Crippen LogP contribution in [0.3, 0.4) is 0 Å². The van der Waals surface area contributed by atoms with Gasteiger partial charge in [-0.1, -0.05) is 0 Å². The summed E-state index contributed by atoms with van der Waals surface area (Å²) in [6.07, 6.45) is 2.10. The van der Waals surface area contributed by atoms with Crippen LogP contribution in [-0.4, -0.2) is 34.6 Å². The van der Waals surface area contributed by atoms with Gasteiger partial charge < -0.3 is 0 Å². The fourth-order valence-electron chi connectivity index (χ4n) is 0.879. The first kappa shape index (κ1) is 10.8. The van der Waals surface area contributed by atoms with Gasteiger partial charge in [0.1, 0.15) is 0 Å². The molecule has 0 radical (unpaired) electrons. The van der Waals surface area contributed by atoms with Crippen LogP contribution in [0.25, 0.3) is 0 Å². The van der Waals surface area contributed by atoms with E-state index < -0.39 is 0 Å². The molecule has 0 saturated heterocycles. The third-order valence-electron chi connectivity index (χ3n) is 1.58. The molecule has 1 rings (SSSR count). The van der Waals surface area contributed by atoms with Crippen LogP contribution in [0, 0.1) is 6.92 Å². The number of hydrogen-bond donors (Lipinski definition) is 0. The molecule has 0 amide bonds. The fraction of sp³-hybridized carbons (Fsp3) is 0.273. The summed E-state index contributed by atoms with van der Waals surface area (Å²) in [6.45, 7) is 2.85. The van der Waals surface area contributed by atoms with E-state index in [9.17, 15) is 0 Å². The summed E-state index contributed by atoms with van der Waals surface area (Å²) in [5, 5.41) is 0. The summed E-state index contributed by atoms with van der Waals surface area (Å²) in [6, 6.07) is 8.78. The molecule has 0 atom stereocenters. The molecular weight excluding hydrogens is 276 g/mol. The number of aryl methyl sites for hydroxylation is 1. The van der Waals surface area contributed by atoms with Crippen molar-refractivity contribution in [3.8, 4) is 0 Å². The van der Waals surface area contributed by atoms with Crippen LogP contribution in [0.1, 0.15) is 5.56 Å². The van der Waals surface area contributed by atoms with Gasteiger partial charge in [-0.15, -0.1) is 0 Å². The van der Waals surface area contributed by atoms with Crippen molar-refractivity contribution in [2.24, 2.45) is 0 Å². The predicted octanol–water partition coefficient (Wildman–Crippen LogP) is 1.48. The monoisotopic (exact) mass is 292 g/mol. The molecule has 0 bridgehead atoms. The zero-order chi connectivity index (χ0) is 9.52. The first-order chi connectivity index (χ1) is 6.33. The van der Waals surface area contributed by atoms with Gasteiger partial charge in [0.25, 0.3) is 0 Å². The van der Waals surface area contributed by atoms with Gasteiger partial charge in [0.2, 0.25) is 0 Å². The molecule has 0 spiro atoms. The Labute approximate surface area is 89.9 Å². The summed E-state index contributed by atoms with van der Waals surface area (Å²) >= 11 is -0.132. The van der Waals surface area contributed by atoms with Gasteiger partial charge >= 0.3 is 89.9 Å². The Bertz CT molecular complexity index is 264. The van der Waals surface area contributed by atoms with Crippen LogP contribution in [-0.2, 0) is 4.74 Å². The number of benzene rings is 1. The SMILES string of the molecule is COC/C=C/[Te]c1ccc(C)cc1. The Morgan fingerprint density at radius 3 is 2.62 bits per heavy atom. The molecule has 0 heterocycles. The van der Waals surface area contributed by atoms with E-state index in [-0.39, 0.29) is 20.9 Å². The molecule has 0 aromatic heterocycles. The minimum absolute atomic E-state index is 0.132. The molecular formula is C11H14OTe. The van der Waals surface area contributed by atoms with Crippen molar-refractivity contribution in [3.05, 3.63) is 40.0 Å². The Hall–Kier alpha value is -0.290. The Morgan fingerprint density at radius 2 is 2.00 bits per heavy atom. The maximum atomic E-state index is 4.93. The summed E-state index contributed by atoms with van der Waals surface area (Å²) in [5.41, 5.74) is 1.33. The first-order valence-corrected chi connectivity index (χ1v) is 6.71. The average molecular weight is 290 g/mol. The third-order valence-corrected chi connectivity index (χ3v) is 4.08. The Balaban J connectivity index is 2.41. The topological polar surface area (TPSA) is 9.23 Å². The van der Waals surface area contributed by atoms with Crippen molar-refractivity contribution >= 4 is 24.5 Å². The zero-order valence-corrected chi connectivity index (χ0v) is 10.3. The van der Waals surface area contributed by atoms with Crippen molar-refractivity contribution in [1.82, 2.24) is 0 Å². The first-order valence-electron chi connectivity index (χ1n) is 4.20. The van der Waals surface area contributed by atoms with E-state index in [1.165, 1.54) is 9.17 Å². The Morgan fingerprint density at radius 1 is 1.31 bits per heavy atom. The molecule has 0 aliphatic rings. The minimum atomic E-state index is -0.132. The molecule has 1 aromatic carbocycles. The van der Waals surface area contributed by atoms with Gasteiger partial charge in [-0.2, -0.15) is 0 Å². The van der Waals surface area contributed by atoms with E-state index >= 15 is 0 Å². The fourth-order valence-corrected chi connectivity index (χ4v) is 2.66. The van der Waals surface area contributed by atoms with Crippen molar-refractivity contribution in [2.45, 2.75) is 6.92 Å². The van der Waals surface area contributed by atoms with E-state index in [0.29, 0.717) is 0 Å². The third kappa shape index (κ3) is 4.47. The van der Waals surface area contributed by atoms with Crippen molar-refractivity contribution in [2.75, 3.05) is 13.7 Å². The van der Waals surface area contributed by atoms with E-state index in [0.717, 1.165) is 6.61 Å². The molecule has 0 aliphatic carbocycles. The summed E-state index contributed by atoms with van der Waals surface area (Å²) in [4.78, 5) is 0. The molecule has 0 N–H and O–H groups in total. The van der Waals surface area contributed by atoms with Crippen molar-refractivity contribution in [1.29, 1.82) is 0 Å². The Kier molecular flexibility index (Phi) is 5.15. The molecule has 0 aliphatic heterocycles. The number of rotatable bonds is 4. The second kappa shape index (κ2) is 6.21. The van der Waals surface area contributed by atoms with Crippen LogP contribution >= 0.6 is 0 Å². The van der Waals surface area contributed by atoms with E-state index in [1.807, 2.05) is 0 Å². The van der Waals surface area contributed by atoms with Crippen LogP contribution in [0.2, 0.25) is 0 Å². The van der Waals surface area contributed by atoms with E-state index in [2.05, 4.69) is 41.4 Å². The van der Waals surface area contributed by atoms with Gasteiger partial charge in [0.05, 0.1) is 0 Å². The molecule has 1 aromatic rings. The summed E-state index contributed by atoms with van der Waals surface area (Å²) < 4.78 is 8.67. The summed E-state index contributed by atoms with van der Waals surface area (Å²) in [7, 11) is 1.72. The van der Waals surface area contributed by atoms with Crippen molar-refractivity contribution < 1.29 is 4.74 Å². The predicted molar refractivity (Wildman–Crippen MR) is 57.6 cm³/mol. The van der Waals surface area contributed by atoms with Crippen LogP contribution in [0.4, 0.5) is 0 Å². The van der Waals surface area contributed by atoms with Crippen molar-refractivity contribution in [3.63, 3.8) is 0 Å². The molecule has 0 fully saturated rings. The number of ether oxygens (including phenoxy) is 1. The molecule has 2 heteroatoms. The van der Waals surface area contributed by atoms with Gasteiger partial charge in [0, 0.05) is 0 Å². The average Bonchev–Trinajstić information content (AvgIpc) is 2.15. The number of hydrogen-bond acceptors (Lipinski definition) is 1.